The van der Waals surface area contributed by atoms with Crippen molar-refractivity contribution in [3.63, 3.8) is 0 Å². The summed E-state index contributed by atoms with van der Waals surface area (Å²) in [4.78, 5) is 0. The number of unbranched alkanes of at least 4 members (excludes halogenated alkanes) is 15. The molecule has 0 aromatic heterocycles. The summed E-state index contributed by atoms with van der Waals surface area (Å²) >= 11 is 3.79. The molecule has 0 aliphatic carbocycles. The van der Waals surface area contributed by atoms with E-state index in [0.717, 1.165) is 0 Å². The summed E-state index contributed by atoms with van der Waals surface area (Å²) in [6, 6.07) is 0. The number of halogens is 1. The second-order valence-electron chi connectivity index (χ2n) is 6.35. The lowest BCUT2D eigenvalue weighted by Crippen LogP contribution is -1.84. The van der Waals surface area contributed by atoms with E-state index in [0.29, 0.717) is 0 Å². The van der Waals surface area contributed by atoms with E-state index >= 15 is 0 Å². The average Bonchev–Trinajstić information content (AvgIpc) is 2.47. The molecule has 0 aliphatic rings. The Kier molecular flexibility index (Phi) is 21.5. The van der Waals surface area contributed by atoms with Gasteiger partial charge in [-0.3, -0.25) is 0 Å². The quantitative estimate of drug-likeness (QED) is 0.185. The van der Waals surface area contributed by atoms with Crippen molar-refractivity contribution in [2.75, 3.05) is 0 Å². The van der Waals surface area contributed by atoms with E-state index in [9.17, 15) is 0 Å². The lowest BCUT2D eigenvalue weighted by atomic mass is 10.0. The Morgan fingerprint density at radius 2 is 0.800 bits per heavy atom. The maximum atomic E-state index is 3.63. The number of rotatable bonds is 17. The van der Waals surface area contributed by atoms with Gasteiger partial charge in [-0.25, -0.2) is 0 Å². The second-order valence-corrected chi connectivity index (χ2v) is 9.81. The predicted octanol–water partition coefficient (Wildman–Crippen LogP) is 7.68. The van der Waals surface area contributed by atoms with Gasteiger partial charge < -0.3 is 12.9 Å². The van der Waals surface area contributed by atoms with Crippen LogP contribution in [0.5, 0.6) is 0 Å². The summed E-state index contributed by atoms with van der Waals surface area (Å²) in [5, 5.41) is 0. The summed E-state index contributed by atoms with van der Waals surface area (Å²) in [7, 11) is 0. The molecule has 0 saturated carbocycles. The SMILES string of the molecule is CCCCCCCCCCCCCCCCC[CH2][Mg][Br]. The van der Waals surface area contributed by atoms with Gasteiger partial charge in [0.15, 0.2) is 0 Å². The van der Waals surface area contributed by atoms with Crippen LogP contribution in [0.3, 0.4) is 0 Å². The van der Waals surface area contributed by atoms with Gasteiger partial charge in [0, 0.05) is 0 Å². The zero-order valence-electron chi connectivity index (χ0n) is 14.1. The van der Waals surface area contributed by atoms with E-state index in [2.05, 4.69) is 19.8 Å². The molecule has 0 aromatic carbocycles. The monoisotopic (exact) mass is 356 g/mol. The van der Waals surface area contributed by atoms with Crippen LogP contribution in [-0.2, 0) is 0 Å². The van der Waals surface area contributed by atoms with Crippen molar-refractivity contribution < 1.29 is 0 Å². The van der Waals surface area contributed by atoms with Crippen LogP contribution >= 0.6 is 12.9 Å². The number of hydrogen-bond donors (Lipinski definition) is 0. The smallest absolute Gasteiger partial charge is 0.307 e. The third kappa shape index (κ3) is 19.2. The molecule has 0 unspecified atom stereocenters. The van der Waals surface area contributed by atoms with E-state index in [1.165, 1.54) is 107 Å². The Bertz CT molecular complexity index is 143. The van der Waals surface area contributed by atoms with Gasteiger partial charge >= 0.3 is 18.2 Å². The molecule has 0 spiro atoms. The van der Waals surface area contributed by atoms with Crippen LogP contribution in [0.25, 0.3) is 0 Å². The number of hydrogen-bond acceptors (Lipinski definition) is 0. The van der Waals surface area contributed by atoms with Gasteiger partial charge in [0.2, 0.25) is 0 Å². The summed E-state index contributed by atoms with van der Waals surface area (Å²) in [5.74, 6) is 0. The van der Waals surface area contributed by atoms with Gasteiger partial charge in [-0.05, 0) is 0 Å². The van der Waals surface area contributed by atoms with Gasteiger partial charge in [-0.2, -0.15) is 0 Å². The van der Waals surface area contributed by atoms with Crippen molar-refractivity contribution >= 4 is 31.1 Å². The zero-order chi connectivity index (χ0) is 14.7. The van der Waals surface area contributed by atoms with Crippen molar-refractivity contribution in [1.82, 2.24) is 0 Å². The van der Waals surface area contributed by atoms with E-state index < -0.39 is 0 Å². The maximum absolute atomic E-state index is 3.63. The van der Waals surface area contributed by atoms with E-state index in [4.69, 9.17) is 0 Å². The molecule has 0 atom stereocenters. The maximum Gasteiger partial charge on any atom is 0.468 e. The van der Waals surface area contributed by atoms with E-state index in [-0.39, 0.29) is 18.2 Å². The first kappa shape index (κ1) is 21.2. The van der Waals surface area contributed by atoms with Crippen molar-refractivity contribution in [2.45, 2.75) is 114 Å². The molecule has 118 valence electrons. The molecule has 0 aliphatic heterocycles. The van der Waals surface area contributed by atoms with Crippen molar-refractivity contribution in [3.8, 4) is 0 Å². The normalized spacial score (nSPS) is 10.7. The molecule has 0 nitrogen and oxygen atoms in total. The fraction of sp³-hybridized carbons (Fsp3) is 1.00. The van der Waals surface area contributed by atoms with Crippen LogP contribution in [0, 0.1) is 0 Å². The minimum absolute atomic E-state index is 0.162. The highest BCUT2D eigenvalue weighted by molar-refractivity contribution is 9.23. The van der Waals surface area contributed by atoms with Crippen molar-refractivity contribution in [1.29, 1.82) is 0 Å². The van der Waals surface area contributed by atoms with Gasteiger partial charge in [0.05, 0.1) is 0 Å². The minimum Gasteiger partial charge on any atom is -0.307 e. The van der Waals surface area contributed by atoms with Gasteiger partial charge in [0.1, 0.15) is 0 Å². The molecule has 0 bridgehead atoms. The van der Waals surface area contributed by atoms with Gasteiger partial charge in [-0.15, -0.1) is 4.55 Å². The first-order valence-corrected chi connectivity index (χ1v) is 14.4. The van der Waals surface area contributed by atoms with Gasteiger partial charge in [-0.1, -0.05) is 110 Å². The molecule has 0 amide bonds. The highest BCUT2D eigenvalue weighted by atomic mass is 79.9. The lowest BCUT2D eigenvalue weighted by Gasteiger charge is -2.03. The largest absolute Gasteiger partial charge is 0.468 e. The molecule has 20 heavy (non-hydrogen) atoms. The summed E-state index contributed by atoms with van der Waals surface area (Å²) < 4.78 is 1.50. The second kappa shape index (κ2) is 20.2. The highest BCUT2D eigenvalue weighted by Crippen LogP contribution is 2.14. The fourth-order valence-electron chi connectivity index (χ4n) is 2.82. The third-order valence-corrected chi connectivity index (χ3v) is 6.69. The molecule has 0 N–H and O–H groups in total. The molecular formula is C18H37BrMg. The third-order valence-electron chi connectivity index (χ3n) is 4.24. The molecule has 0 fully saturated rings. The van der Waals surface area contributed by atoms with Crippen LogP contribution in [0.4, 0.5) is 0 Å². The van der Waals surface area contributed by atoms with Crippen LogP contribution in [0.1, 0.15) is 110 Å². The van der Waals surface area contributed by atoms with Crippen molar-refractivity contribution in [3.05, 3.63) is 0 Å². The standard InChI is InChI=1S/C18H37.BrH.Mg/c1-3-5-7-9-11-13-15-17-18-16-14-12-10-8-6-4-2;;/h1,3-18H2,2H3;1H;/q;;+1/p-1. The molecule has 0 aromatic rings. The van der Waals surface area contributed by atoms with Crippen LogP contribution in [0.2, 0.25) is 4.55 Å². The Hall–Kier alpha value is 1.25. The highest BCUT2D eigenvalue weighted by Gasteiger charge is 1.95. The molecule has 0 heterocycles. The van der Waals surface area contributed by atoms with E-state index in [1.54, 1.807) is 0 Å². The summed E-state index contributed by atoms with van der Waals surface area (Å²) in [5.41, 5.74) is 0. The zero-order valence-corrected chi connectivity index (χ0v) is 17.1. The molecular weight excluding hydrogens is 320 g/mol. The molecule has 2 heteroatoms. The Morgan fingerprint density at radius 1 is 0.500 bits per heavy atom. The van der Waals surface area contributed by atoms with Crippen LogP contribution < -0.4 is 0 Å². The Labute approximate surface area is 144 Å². The first-order chi connectivity index (χ1) is 9.91. The molecule has 0 rings (SSSR count). The minimum atomic E-state index is 0.162. The van der Waals surface area contributed by atoms with Crippen LogP contribution in [-0.4, -0.2) is 18.2 Å². The summed E-state index contributed by atoms with van der Waals surface area (Å²) in [6.45, 7) is 2.30. The van der Waals surface area contributed by atoms with Crippen molar-refractivity contribution in [2.24, 2.45) is 0 Å². The Balaban J connectivity index is 2.89. The topological polar surface area (TPSA) is 0 Å². The summed E-state index contributed by atoms with van der Waals surface area (Å²) in [6.07, 6.45) is 23.6. The van der Waals surface area contributed by atoms with E-state index in [1.807, 2.05) is 0 Å². The predicted molar refractivity (Wildman–Crippen MR) is 99.0 cm³/mol. The van der Waals surface area contributed by atoms with Crippen LogP contribution in [0.15, 0.2) is 0 Å². The first-order valence-electron chi connectivity index (χ1n) is 9.47. The fourth-order valence-corrected chi connectivity index (χ4v) is 4.55. The molecule has 0 saturated heterocycles. The Morgan fingerprint density at radius 3 is 1.10 bits per heavy atom. The lowest BCUT2D eigenvalue weighted by molar-refractivity contribution is 0.531. The average molecular weight is 358 g/mol. The molecule has 0 radical (unpaired) electrons. The van der Waals surface area contributed by atoms with Gasteiger partial charge in [0.25, 0.3) is 0 Å².